The van der Waals surface area contributed by atoms with Gasteiger partial charge in [0.1, 0.15) is 17.4 Å². The molecule has 0 spiro atoms. The van der Waals surface area contributed by atoms with E-state index < -0.39 is 0 Å². The molecule has 1 aliphatic heterocycles. The van der Waals surface area contributed by atoms with E-state index in [2.05, 4.69) is 32.2 Å². The maximum atomic E-state index is 9.60. The van der Waals surface area contributed by atoms with Gasteiger partial charge in [0, 0.05) is 30.6 Å². The summed E-state index contributed by atoms with van der Waals surface area (Å²) in [5.74, 6) is 0.816. The number of aliphatic hydroxyl groups is 1. The minimum Gasteiger partial charge on any atom is -0.492 e. The fraction of sp³-hybridized carbons (Fsp3) is 0.318. The van der Waals surface area contributed by atoms with Crippen LogP contribution in [0.1, 0.15) is 11.1 Å². The highest BCUT2D eigenvalue weighted by molar-refractivity contribution is 7.18. The van der Waals surface area contributed by atoms with Crippen LogP contribution in [0, 0.1) is 0 Å². The summed E-state index contributed by atoms with van der Waals surface area (Å²) in [7, 11) is 4.04. The van der Waals surface area contributed by atoms with Gasteiger partial charge in [0.2, 0.25) is 5.13 Å². The van der Waals surface area contributed by atoms with Crippen LogP contribution in [0.4, 0.5) is 10.8 Å². The number of nitrogens with zero attached hydrogens (tertiary/aromatic N) is 5. The average molecular weight is 424 g/mol. The molecule has 1 N–H and O–H groups in total. The van der Waals surface area contributed by atoms with Gasteiger partial charge in [0.05, 0.1) is 13.2 Å². The maximum Gasteiger partial charge on any atom is 0.213 e. The van der Waals surface area contributed by atoms with Crippen molar-refractivity contribution in [2.45, 2.75) is 6.54 Å². The van der Waals surface area contributed by atoms with Crippen molar-refractivity contribution in [2.24, 2.45) is 4.99 Å². The zero-order valence-corrected chi connectivity index (χ0v) is 18.0. The lowest BCUT2D eigenvalue weighted by molar-refractivity contribution is 0.261. The number of aliphatic imine (C=N–C) groups is 1. The van der Waals surface area contributed by atoms with Gasteiger partial charge < -0.3 is 19.6 Å². The SMILES string of the molecule is CN(C)CCOc1cccc(-c2nnc(N(CCO)c3ccc4c(c3)C=NC4)s2)c1. The van der Waals surface area contributed by atoms with Crippen LogP contribution in [0.25, 0.3) is 10.6 Å². The Hall–Kier alpha value is -2.81. The van der Waals surface area contributed by atoms with Crippen molar-refractivity contribution in [2.75, 3.05) is 45.3 Å². The first-order chi connectivity index (χ1) is 14.6. The van der Waals surface area contributed by atoms with Crippen LogP contribution < -0.4 is 9.64 Å². The molecule has 0 amide bonds. The quantitative estimate of drug-likeness (QED) is 0.570. The Morgan fingerprint density at radius 2 is 2.00 bits per heavy atom. The van der Waals surface area contributed by atoms with Gasteiger partial charge in [-0.2, -0.15) is 0 Å². The van der Waals surface area contributed by atoms with Crippen LogP contribution in [0.2, 0.25) is 0 Å². The molecule has 1 aromatic heterocycles. The first-order valence-electron chi connectivity index (χ1n) is 9.86. The summed E-state index contributed by atoms with van der Waals surface area (Å²) in [6, 6.07) is 14.1. The predicted molar refractivity (Wildman–Crippen MR) is 121 cm³/mol. The second-order valence-corrected chi connectivity index (χ2v) is 8.25. The van der Waals surface area contributed by atoms with Gasteiger partial charge in [-0.25, -0.2) is 0 Å². The van der Waals surface area contributed by atoms with Gasteiger partial charge in [0.25, 0.3) is 0 Å². The first kappa shape index (κ1) is 20.5. The lowest BCUT2D eigenvalue weighted by Gasteiger charge is -2.20. The molecule has 0 saturated heterocycles. The van der Waals surface area contributed by atoms with Crippen molar-refractivity contribution >= 4 is 28.4 Å². The second kappa shape index (κ2) is 9.34. The molecular weight excluding hydrogens is 398 g/mol. The molecule has 0 atom stereocenters. The predicted octanol–water partition coefficient (Wildman–Crippen LogP) is 3.21. The van der Waals surface area contributed by atoms with Crippen LogP contribution in [0.5, 0.6) is 5.75 Å². The van der Waals surface area contributed by atoms with Crippen molar-refractivity contribution < 1.29 is 9.84 Å². The molecule has 0 fully saturated rings. The van der Waals surface area contributed by atoms with E-state index in [1.54, 1.807) is 0 Å². The zero-order chi connectivity index (χ0) is 20.9. The summed E-state index contributed by atoms with van der Waals surface area (Å²) in [6.07, 6.45) is 1.89. The van der Waals surface area contributed by atoms with E-state index in [9.17, 15) is 5.11 Å². The molecule has 0 aliphatic carbocycles. The van der Waals surface area contributed by atoms with Crippen LogP contribution >= 0.6 is 11.3 Å². The minimum atomic E-state index is 0.0231. The Morgan fingerprint density at radius 1 is 1.10 bits per heavy atom. The number of ether oxygens (including phenoxy) is 1. The summed E-state index contributed by atoms with van der Waals surface area (Å²) in [4.78, 5) is 8.40. The van der Waals surface area contributed by atoms with E-state index in [0.717, 1.165) is 45.8 Å². The minimum absolute atomic E-state index is 0.0231. The fourth-order valence-electron chi connectivity index (χ4n) is 3.20. The van der Waals surface area contributed by atoms with Crippen LogP contribution in [0.3, 0.4) is 0 Å². The Labute approximate surface area is 180 Å². The molecule has 0 radical (unpaired) electrons. The summed E-state index contributed by atoms with van der Waals surface area (Å²) < 4.78 is 5.84. The molecule has 7 nitrogen and oxygen atoms in total. The molecule has 0 unspecified atom stereocenters. The molecule has 4 rings (SSSR count). The summed E-state index contributed by atoms with van der Waals surface area (Å²) in [6.45, 7) is 2.68. The molecule has 3 aromatic rings. The third kappa shape index (κ3) is 4.67. The molecule has 0 bridgehead atoms. The van der Waals surface area contributed by atoms with Crippen molar-refractivity contribution in [1.29, 1.82) is 0 Å². The summed E-state index contributed by atoms with van der Waals surface area (Å²) >= 11 is 1.49. The van der Waals surface area contributed by atoms with Gasteiger partial charge in [0.15, 0.2) is 0 Å². The molecular formula is C22H25N5O2S. The van der Waals surface area contributed by atoms with E-state index in [1.165, 1.54) is 16.9 Å². The summed E-state index contributed by atoms with van der Waals surface area (Å²) in [5, 5.41) is 20.0. The third-order valence-corrected chi connectivity index (χ3v) is 5.79. The number of likely N-dealkylation sites (N-methyl/N-ethyl adjacent to an activating group) is 1. The van der Waals surface area contributed by atoms with Gasteiger partial charge in [-0.3, -0.25) is 4.99 Å². The Bertz CT molecular complexity index is 1030. The average Bonchev–Trinajstić information content (AvgIpc) is 3.41. The largest absolute Gasteiger partial charge is 0.492 e. The van der Waals surface area contributed by atoms with Gasteiger partial charge in [-0.05, 0) is 49.5 Å². The molecule has 2 heterocycles. The van der Waals surface area contributed by atoms with E-state index in [-0.39, 0.29) is 6.61 Å². The smallest absolute Gasteiger partial charge is 0.213 e. The Kier molecular flexibility index (Phi) is 6.37. The number of aliphatic hydroxyl groups excluding tert-OH is 1. The number of hydrogen-bond acceptors (Lipinski definition) is 8. The van der Waals surface area contributed by atoms with Crippen LogP contribution in [0.15, 0.2) is 47.5 Å². The zero-order valence-electron chi connectivity index (χ0n) is 17.2. The van der Waals surface area contributed by atoms with Gasteiger partial charge in [-0.15, -0.1) is 10.2 Å². The highest BCUT2D eigenvalue weighted by Gasteiger charge is 2.17. The van der Waals surface area contributed by atoms with E-state index in [1.807, 2.05) is 55.5 Å². The van der Waals surface area contributed by atoms with E-state index >= 15 is 0 Å². The molecule has 8 heteroatoms. The highest BCUT2D eigenvalue weighted by atomic mass is 32.1. The van der Waals surface area contributed by atoms with Crippen LogP contribution in [-0.2, 0) is 6.54 Å². The molecule has 2 aromatic carbocycles. The van der Waals surface area contributed by atoms with E-state index in [0.29, 0.717) is 13.2 Å². The number of benzene rings is 2. The Balaban J connectivity index is 1.55. The second-order valence-electron chi connectivity index (χ2n) is 7.30. The normalized spacial score (nSPS) is 12.4. The van der Waals surface area contributed by atoms with Gasteiger partial charge >= 0.3 is 0 Å². The molecule has 1 aliphatic rings. The fourth-order valence-corrected chi connectivity index (χ4v) is 4.09. The maximum absolute atomic E-state index is 9.60. The topological polar surface area (TPSA) is 74.1 Å². The summed E-state index contributed by atoms with van der Waals surface area (Å²) in [5.41, 5.74) is 4.26. The number of rotatable bonds is 9. The number of anilines is 2. The Morgan fingerprint density at radius 3 is 2.83 bits per heavy atom. The van der Waals surface area contributed by atoms with E-state index in [4.69, 9.17) is 4.74 Å². The molecule has 156 valence electrons. The lowest BCUT2D eigenvalue weighted by atomic mass is 10.1. The van der Waals surface area contributed by atoms with Crippen molar-refractivity contribution in [3.63, 3.8) is 0 Å². The monoisotopic (exact) mass is 423 g/mol. The standard InChI is InChI=1S/C22H25N5O2S/c1-26(2)9-11-29-20-5-3-4-16(13-20)21-24-25-22(30-21)27(8-10-28)19-7-6-17-14-23-15-18(17)12-19/h3-7,12-13,15,28H,8-11,14H2,1-2H3. The van der Waals surface area contributed by atoms with Crippen molar-refractivity contribution in [3.8, 4) is 16.3 Å². The van der Waals surface area contributed by atoms with Gasteiger partial charge in [-0.1, -0.05) is 29.5 Å². The van der Waals surface area contributed by atoms with Crippen LogP contribution in [-0.4, -0.2) is 66.8 Å². The molecule has 30 heavy (non-hydrogen) atoms. The number of hydrogen-bond donors (Lipinski definition) is 1. The highest BCUT2D eigenvalue weighted by Crippen LogP contribution is 2.34. The third-order valence-electron chi connectivity index (χ3n) is 4.79. The number of aromatic nitrogens is 2. The van der Waals surface area contributed by atoms with Crippen molar-refractivity contribution in [1.82, 2.24) is 15.1 Å². The molecule has 0 saturated carbocycles. The number of fused-ring (bicyclic) bond motifs is 1. The van der Waals surface area contributed by atoms with Crippen molar-refractivity contribution in [3.05, 3.63) is 53.6 Å². The lowest BCUT2D eigenvalue weighted by Crippen LogP contribution is -2.21. The first-order valence-corrected chi connectivity index (χ1v) is 10.7.